The molecular formula is C19H13F4NO3. The Kier molecular flexibility index (Phi) is 4.05. The summed E-state index contributed by atoms with van der Waals surface area (Å²) < 4.78 is 70.2. The molecule has 27 heavy (non-hydrogen) atoms. The predicted octanol–water partition coefficient (Wildman–Crippen LogP) is 4.45. The highest BCUT2D eigenvalue weighted by atomic mass is 19.4. The number of ether oxygens (including phenoxy) is 3. The molecular weight excluding hydrogens is 366 g/mol. The summed E-state index contributed by atoms with van der Waals surface area (Å²) in [6, 6.07) is 9.47. The summed E-state index contributed by atoms with van der Waals surface area (Å²) >= 11 is 0. The summed E-state index contributed by atoms with van der Waals surface area (Å²) in [5.41, 5.74) is -2.11. The van der Waals surface area contributed by atoms with E-state index in [9.17, 15) is 17.6 Å². The van der Waals surface area contributed by atoms with Gasteiger partial charge in [-0.15, -0.1) is 0 Å². The molecule has 0 saturated heterocycles. The molecule has 0 radical (unpaired) electrons. The molecule has 0 spiro atoms. The topological polar surface area (TPSA) is 40.0 Å². The van der Waals surface area contributed by atoms with Crippen LogP contribution in [0.4, 0.5) is 17.6 Å². The lowest BCUT2D eigenvalue weighted by atomic mass is 9.93. The number of halogens is 4. The van der Waals surface area contributed by atoms with Crippen molar-refractivity contribution in [2.45, 2.75) is 11.8 Å². The predicted molar refractivity (Wildman–Crippen MR) is 89.1 cm³/mol. The lowest BCUT2D eigenvalue weighted by Gasteiger charge is -2.30. The molecule has 2 aliphatic rings. The van der Waals surface area contributed by atoms with Gasteiger partial charge in [0.15, 0.2) is 11.5 Å². The highest BCUT2D eigenvalue weighted by molar-refractivity contribution is 5.93. The van der Waals surface area contributed by atoms with Crippen molar-refractivity contribution in [2.24, 2.45) is 4.99 Å². The SMILES string of the molecule is Fc1ccc(/C=C\C2=NCC(c3ccc4c(c3)OCO4)(C(F)(F)F)O2)cc1. The Hall–Kier alpha value is -3.03. The van der Waals surface area contributed by atoms with Gasteiger partial charge in [-0.3, -0.25) is 0 Å². The fourth-order valence-corrected chi connectivity index (χ4v) is 2.87. The molecule has 4 rings (SSSR count). The molecule has 140 valence electrons. The molecule has 0 bridgehead atoms. The van der Waals surface area contributed by atoms with Gasteiger partial charge >= 0.3 is 6.18 Å². The van der Waals surface area contributed by atoms with Crippen molar-refractivity contribution in [2.75, 3.05) is 13.3 Å². The standard InChI is InChI=1S/C19H13F4NO3/c20-14-5-1-12(2-6-14)3-8-17-24-10-18(27-17,19(21,22)23)13-4-7-15-16(9-13)26-11-25-15/h1-9H,10-11H2/b8-3-. The first-order chi connectivity index (χ1) is 12.9. The van der Waals surface area contributed by atoms with E-state index in [4.69, 9.17) is 14.2 Å². The summed E-state index contributed by atoms with van der Waals surface area (Å²) in [6.07, 6.45) is -1.87. The van der Waals surface area contributed by atoms with E-state index >= 15 is 0 Å². The van der Waals surface area contributed by atoms with E-state index in [-0.39, 0.29) is 24.0 Å². The van der Waals surface area contributed by atoms with Gasteiger partial charge in [-0.05, 0) is 35.9 Å². The minimum Gasteiger partial charge on any atom is -0.455 e. The van der Waals surface area contributed by atoms with Crippen molar-refractivity contribution in [3.8, 4) is 11.5 Å². The first-order valence-corrected chi connectivity index (χ1v) is 8.01. The second-order valence-corrected chi connectivity index (χ2v) is 6.03. The number of hydrogen-bond donors (Lipinski definition) is 0. The van der Waals surface area contributed by atoms with E-state index in [1.54, 1.807) is 0 Å². The molecule has 1 unspecified atom stereocenters. The molecule has 0 amide bonds. The van der Waals surface area contributed by atoms with Crippen molar-refractivity contribution in [1.29, 1.82) is 0 Å². The first-order valence-electron chi connectivity index (χ1n) is 8.01. The monoisotopic (exact) mass is 379 g/mol. The van der Waals surface area contributed by atoms with Gasteiger partial charge in [-0.25, -0.2) is 9.38 Å². The van der Waals surface area contributed by atoms with Crippen LogP contribution in [0.15, 0.2) is 53.5 Å². The maximum Gasteiger partial charge on any atom is 0.434 e. The third kappa shape index (κ3) is 3.11. The van der Waals surface area contributed by atoms with Crippen molar-refractivity contribution >= 4 is 12.0 Å². The quantitative estimate of drug-likeness (QED) is 0.740. The minimum atomic E-state index is -4.70. The van der Waals surface area contributed by atoms with Crippen molar-refractivity contribution in [3.05, 3.63) is 65.5 Å². The second kappa shape index (κ2) is 6.29. The van der Waals surface area contributed by atoms with E-state index in [0.717, 1.165) is 0 Å². The molecule has 0 fully saturated rings. The summed E-state index contributed by atoms with van der Waals surface area (Å²) in [6.45, 7) is -0.653. The highest BCUT2D eigenvalue weighted by Gasteiger charge is 2.61. The third-order valence-electron chi connectivity index (χ3n) is 4.32. The number of fused-ring (bicyclic) bond motifs is 1. The fraction of sp³-hybridized carbons (Fsp3) is 0.211. The van der Waals surface area contributed by atoms with Crippen LogP contribution in [0.3, 0.4) is 0 Å². The molecule has 4 nitrogen and oxygen atoms in total. The maximum absolute atomic E-state index is 13.9. The molecule has 2 aromatic rings. The van der Waals surface area contributed by atoms with E-state index in [1.807, 2.05) is 0 Å². The van der Waals surface area contributed by atoms with Gasteiger partial charge < -0.3 is 14.2 Å². The Bertz CT molecular complexity index is 922. The third-order valence-corrected chi connectivity index (χ3v) is 4.32. The van der Waals surface area contributed by atoms with Crippen LogP contribution in [0.25, 0.3) is 6.08 Å². The number of benzene rings is 2. The Morgan fingerprint density at radius 1 is 0.963 bits per heavy atom. The van der Waals surface area contributed by atoms with E-state index in [1.165, 1.54) is 54.6 Å². The number of aliphatic imine (C=N–C) groups is 1. The molecule has 2 aromatic carbocycles. The zero-order chi connectivity index (χ0) is 19.1. The number of rotatable bonds is 3. The van der Waals surface area contributed by atoms with Crippen LogP contribution >= 0.6 is 0 Å². The minimum absolute atomic E-state index is 0.0409. The lowest BCUT2D eigenvalue weighted by Crippen LogP contribution is -2.45. The van der Waals surface area contributed by atoms with Gasteiger partial charge in [0.2, 0.25) is 18.3 Å². The van der Waals surface area contributed by atoms with Gasteiger partial charge in [0.25, 0.3) is 0 Å². The van der Waals surface area contributed by atoms with E-state index < -0.39 is 24.1 Å². The van der Waals surface area contributed by atoms with Crippen LogP contribution in [0.5, 0.6) is 11.5 Å². The van der Waals surface area contributed by atoms with Crippen LogP contribution < -0.4 is 9.47 Å². The van der Waals surface area contributed by atoms with Gasteiger partial charge in [0, 0.05) is 11.6 Å². The smallest absolute Gasteiger partial charge is 0.434 e. The van der Waals surface area contributed by atoms with Crippen LogP contribution in [0.2, 0.25) is 0 Å². The highest BCUT2D eigenvalue weighted by Crippen LogP contribution is 2.47. The molecule has 2 heterocycles. The average molecular weight is 379 g/mol. The summed E-state index contributed by atoms with van der Waals surface area (Å²) in [4.78, 5) is 3.90. The van der Waals surface area contributed by atoms with Crippen molar-refractivity contribution in [3.63, 3.8) is 0 Å². The Morgan fingerprint density at radius 2 is 1.70 bits per heavy atom. The number of alkyl halides is 3. The molecule has 2 aliphatic heterocycles. The number of hydrogen-bond acceptors (Lipinski definition) is 4. The molecule has 0 aliphatic carbocycles. The first kappa shape index (κ1) is 17.4. The summed E-state index contributed by atoms with van der Waals surface area (Å²) in [5.74, 6) is 0.0521. The van der Waals surface area contributed by atoms with Crippen LogP contribution in [0.1, 0.15) is 11.1 Å². The summed E-state index contributed by atoms with van der Waals surface area (Å²) in [7, 11) is 0. The molecule has 0 saturated carbocycles. The van der Waals surface area contributed by atoms with Crippen LogP contribution in [-0.2, 0) is 10.3 Å². The van der Waals surface area contributed by atoms with Gasteiger partial charge in [0.1, 0.15) is 5.82 Å². The van der Waals surface area contributed by atoms with E-state index in [2.05, 4.69) is 4.99 Å². The lowest BCUT2D eigenvalue weighted by molar-refractivity contribution is -0.249. The normalized spacial score (nSPS) is 21.4. The van der Waals surface area contributed by atoms with Crippen LogP contribution in [0, 0.1) is 5.82 Å². The maximum atomic E-state index is 13.9. The number of nitrogens with zero attached hydrogens (tertiary/aromatic N) is 1. The Balaban J connectivity index is 1.61. The zero-order valence-corrected chi connectivity index (χ0v) is 13.8. The van der Waals surface area contributed by atoms with Gasteiger partial charge in [-0.2, -0.15) is 13.2 Å². The summed E-state index contributed by atoms with van der Waals surface area (Å²) in [5, 5.41) is 0. The molecule has 0 N–H and O–H groups in total. The Labute approximate surface area is 151 Å². The fourth-order valence-electron chi connectivity index (χ4n) is 2.87. The Morgan fingerprint density at radius 3 is 2.44 bits per heavy atom. The second-order valence-electron chi connectivity index (χ2n) is 6.03. The van der Waals surface area contributed by atoms with Gasteiger partial charge in [0.05, 0.1) is 6.54 Å². The van der Waals surface area contributed by atoms with Crippen LogP contribution in [-0.4, -0.2) is 25.4 Å². The zero-order valence-electron chi connectivity index (χ0n) is 13.8. The largest absolute Gasteiger partial charge is 0.455 e. The molecule has 0 aromatic heterocycles. The van der Waals surface area contributed by atoms with Gasteiger partial charge in [-0.1, -0.05) is 18.2 Å². The van der Waals surface area contributed by atoms with E-state index in [0.29, 0.717) is 11.3 Å². The molecule has 8 heteroatoms. The average Bonchev–Trinajstić information content (AvgIpc) is 3.27. The molecule has 1 atom stereocenters. The van der Waals surface area contributed by atoms with Crippen molar-refractivity contribution < 1.29 is 31.8 Å². The van der Waals surface area contributed by atoms with Crippen molar-refractivity contribution in [1.82, 2.24) is 0 Å².